The molecule has 2 rings (SSSR count). The summed E-state index contributed by atoms with van der Waals surface area (Å²) in [4.78, 5) is 17.1. The van der Waals surface area contributed by atoms with Crippen molar-refractivity contribution < 1.29 is 23.7 Å². The molecule has 2 saturated heterocycles. The van der Waals surface area contributed by atoms with Crippen LogP contribution in [0.5, 0.6) is 0 Å². The minimum atomic E-state index is -0.144. The largest absolute Gasteiger partial charge is 0.459 e. The van der Waals surface area contributed by atoms with Crippen LogP contribution in [0.25, 0.3) is 0 Å². The van der Waals surface area contributed by atoms with Gasteiger partial charge in [-0.15, -0.1) is 0 Å². The van der Waals surface area contributed by atoms with Gasteiger partial charge in [0.05, 0.1) is 26.0 Å². The van der Waals surface area contributed by atoms with Crippen molar-refractivity contribution in [3.05, 3.63) is 0 Å². The molecular weight excluding hydrogens is 470 g/mol. The number of carbonyl (C=O) groups excluding carboxylic acids is 1. The molecule has 0 aliphatic carbocycles. The molecule has 8 heteroatoms. The topological polar surface area (TPSA) is 72.0 Å². The van der Waals surface area contributed by atoms with Gasteiger partial charge in [0.2, 0.25) is 0 Å². The molecule has 6 unspecified atom stereocenters. The Morgan fingerprint density at radius 1 is 0.811 bits per heavy atom. The van der Waals surface area contributed by atoms with Crippen molar-refractivity contribution in [3.8, 4) is 0 Å². The summed E-state index contributed by atoms with van der Waals surface area (Å²) in [6.45, 7) is 17.1. The number of rotatable bonds is 26. The smallest absolute Gasteiger partial charge is 0.306 e. The maximum atomic E-state index is 12.3. The highest BCUT2D eigenvalue weighted by Gasteiger charge is 2.33. The van der Waals surface area contributed by atoms with Crippen molar-refractivity contribution in [1.29, 1.82) is 0 Å². The molecule has 2 fully saturated rings. The van der Waals surface area contributed by atoms with Crippen molar-refractivity contribution >= 4 is 5.97 Å². The zero-order valence-corrected chi connectivity index (χ0v) is 24.4. The minimum absolute atomic E-state index is 0.0810. The molecule has 0 aromatic carbocycles. The van der Waals surface area contributed by atoms with E-state index < -0.39 is 0 Å². The summed E-state index contributed by atoms with van der Waals surface area (Å²) < 4.78 is 23.3. The zero-order chi connectivity index (χ0) is 26.7. The Hall–Kier alpha value is -0.770. The van der Waals surface area contributed by atoms with Gasteiger partial charge >= 0.3 is 5.97 Å². The van der Waals surface area contributed by atoms with E-state index in [2.05, 4.69) is 42.8 Å². The first-order valence-corrected chi connectivity index (χ1v) is 15.2. The van der Waals surface area contributed by atoms with Crippen LogP contribution in [0.15, 0.2) is 0 Å². The van der Waals surface area contributed by atoms with Crippen LogP contribution in [0.3, 0.4) is 0 Å². The number of carbonyl (C=O) groups is 1. The highest BCUT2D eigenvalue weighted by molar-refractivity contribution is 5.69. The monoisotopic (exact) mass is 527 g/mol. The van der Waals surface area contributed by atoms with Crippen LogP contribution >= 0.6 is 0 Å². The first kappa shape index (κ1) is 32.4. The van der Waals surface area contributed by atoms with Crippen molar-refractivity contribution in [2.45, 2.75) is 116 Å². The summed E-state index contributed by atoms with van der Waals surface area (Å²) in [7, 11) is 0. The number of esters is 1. The Morgan fingerprint density at radius 3 is 1.95 bits per heavy atom. The molecule has 37 heavy (non-hydrogen) atoms. The van der Waals surface area contributed by atoms with Gasteiger partial charge in [0.15, 0.2) is 0 Å². The molecule has 0 aromatic rings. The Labute approximate surface area is 227 Å². The SMILES string of the molecule is CCCCOCC(CN1CC1C)OCNCCCCCCCC(=O)OC(COCCCC)CN1CC1C. The molecule has 8 nitrogen and oxygen atoms in total. The van der Waals surface area contributed by atoms with Gasteiger partial charge in [0.1, 0.15) is 6.10 Å². The van der Waals surface area contributed by atoms with Crippen LogP contribution in [-0.4, -0.2) is 106 Å². The normalized spacial score (nSPS) is 24.1. The molecule has 0 amide bonds. The molecule has 2 aliphatic heterocycles. The van der Waals surface area contributed by atoms with Gasteiger partial charge in [-0.3, -0.25) is 19.9 Å². The average Bonchev–Trinajstić information content (AvgIpc) is 3.78. The number of hydrogen-bond donors (Lipinski definition) is 1. The molecule has 0 bridgehead atoms. The molecule has 0 spiro atoms. The van der Waals surface area contributed by atoms with Gasteiger partial charge < -0.3 is 18.9 Å². The van der Waals surface area contributed by atoms with Gasteiger partial charge in [0.25, 0.3) is 0 Å². The maximum absolute atomic E-state index is 12.3. The predicted octanol–water partition coefficient (Wildman–Crippen LogP) is 4.21. The highest BCUT2D eigenvalue weighted by Crippen LogP contribution is 2.18. The van der Waals surface area contributed by atoms with E-state index in [0.29, 0.717) is 38.4 Å². The third kappa shape index (κ3) is 16.7. The van der Waals surface area contributed by atoms with Gasteiger partial charge in [-0.1, -0.05) is 46.0 Å². The lowest BCUT2D eigenvalue weighted by Gasteiger charge is -2.19. The summed E-state index contributed by atoms with van der Waals surface area (Å²) in [5.41, 5.74) is 0. The summed E-state index contributed by atoms with van der Waals surface area (Å²) in [6.07, 6.45) is 10.3. The van der Waals surface area contributed by atoms with E-state index in [4.69, 9.17) is 18.9 Å². The van der Waals surface area contributed by atoms with Crippen LogP contribution in [-0.2, 0) is 23.7 Å². The van der Waals surface area contributed by atoms with Gasteiger partial charge in [-0.2, -0.15) is 0 Å². The lowest BCUT2D eigenvalue weighted by atomic mass is 10.1. The van der Waals surface area contributed by atoms with Crippen LogP contribution in [0.4, 0.5) is 0 Å². The molecular formula is C29H57N3O5. The van der Waals surface area contributed by atoms with E-state index in [-0.39, 0.29) is 18.2 Å². The fourth-order valence-corrected chi connectivity index (χ4v) is 4.36. The van der Waals surface area contributed by atoms with E-state index in [1.807, 2.05) is 0 Å². The summed E-state index contributed by atoms with van der Waals surface area (Å²) in [5.74, 6) is -0.0810. The van der Waals surface area contributed by atoms with Gasteiger partial charge in [-0.05, 0) is 46.1 Å². The standard InChI is InChI=1S/C29H57N3O5/c1-5-7-16-34-22-27(20-31-18-25(31)3)36-24-30-15-13-11-9-10-12-14-29(33)37-28(21-32-19-26(32)4)23-35-17-8-6-2/h25-28,30H,5-24H2,1-4H3. The summed E-state index contributed by atoms with van der Waals surface area (Å²) in [6, 6.07) is 1.29. The van der Waals surface area contributed by atoms with E-state index in [0.717, 1.165) is 97.2 Å². The molecule has 1 N–H and O–H groups in total. The second kappa shape index (κ2) is 20.2. The number of nitrogens with one attached hydrogen (secondary N) is 1. The van der Waals surface area contributed by atoms with Crippen LogP contribution in [0.2, 0.25) is 0 Å². The fraction of sp³-hybridized carbons (Fsp3) is 0.966. The highest BCUT2D eigenvalue weighted by atomic mass is 16.6. The molecule has 0 radical (unpaired) electrons. The summed E-state index contributed by atoms with van der Waals surface area (Å²) >= 11 is 0. The first-order valence-electron chi connectivity index (χ1n) is 15.2. The Kier molecular flexibility index (Phi) is 17.7. The number of ether oxygens (including phenoxy) is 4. The molecule has 0 aromatic heterocycles. The number of unbranched alkanes of at least 4 members (excludes halogenated alkanes) is 6. The molecule has 2 heterocycles. The van der Waals surface area contributed by atoms with Crippen molar-refractivity contribution in [2.75, 3.05) is 65.9 Å². The van der Waals surface area contributed by atoms with Crippen molar-refractivity contribution in [3.63, 3.8) is 0 Å². The molecule has 2 aliphatic rings. The Balaban J connectivity index is 1.44. The predicted molar refractivity (Wildman–Crippen MR) is 149 cm³/mol. The van der Waals surface area contributed by atoms with Crippen LogP contribution in [0.1, 0.15) is 91.9 Å². The van der Waals surface area contributed by atoms with Gasteiger partial charge in [-0.25, -0.2) is 0 Å². The quantitative estimate of drug-likeness (QED) is 0.0776. The number of hydrogen-bond acceptors (Lipinski definition) is 8. The second-order valence-corrected chi connectivity index (χ2v) is 11.0. The Morgan fingerprint density at radius 2 is 1.35 bits per heavy atom. The van der Waals surface area contributed by atoms with Crippen molar-refractivity contribution in [2.24, 2.45) is 0 Å². The minimum Gasteiger partial charge on any atom is -0.459 e. The van der Waals surface area contributed by atoms with Crippen LogP contribution < -0.4 is 5.32 Å². The molecule has 6 atom stereocenters. The Bertz CT molecular complexity index is 582. The zero-order valence-electron chi connectivity index (χ0n) is 24.4. The fourth-order valence-electron chi connectivity index (χ4n) is 4.36. The number of nitrogens with zero attached hydrogens (tertiary/aromatic N) is 2. The third-order valence-corrected chi connectivity index (χ3v) is 7.20. The third-order valence-electron chi connectivity index (χ3n) is 7.20. The lowest BCUT2D eigenvalue weighted by Crippen LogP contribution is -2.33. The lowest BCUT2D eigenvalue weighted by molar-refractivity contribution is -0.152. The molecule has 0 saturated carbocycles. The van der Waals surface area contributed by atoms with E-state index in [1.54, 1.807) is 0 Å². The van der Waals surface area contributed by atoms with E-state index >= 15 is 0 Å². The van der Waals surface area contributed by atoms with E-state index in [9.17, 15) is 4.79 Å². The first-order chi connectivity index (χ1) is 18.0. The summed E-state index contributed by atoms with van der Waals surface area (Å²) in [5, 5.41) is 3.42. The maximum Gasteiger partial charge on any atom is 0.306 e. The average molecular weight is 528 g/mol. The molecule has 218 valence electrons. The van der Waals surface area contributed by atoms with Crippen LogP contribution in [0, 0.1) is 0 Å². The van der Waals surface area contributed by atoms with Crippen molar-refractivity contribution in [1.82, 2.24) is 15.1 Å². The van der Waals surface area contributed by atoms with E-state index in [1.165, 1.54) is 6.54 Å². The second-order valence-electron chi connectivity index (χ2n) is 11.0. The van der Waals surface area contributed by atoms with Gasteiger partial charge in [0, 0.05) is 57.9 Å².